The second-order valence-corrected chi connectivity index (χ2v) is 3.06. The fourth-order valence-electron chi connectivity index (χ4n) is 1.81. The van der Waals surface area contributed by atoms with Crippen molar-refractivity contribution < 1.29 is 4.74 Å². The summed E-state index contributed by atoms with van der Waals surface area (Å²) < 4.78 is 5.64. The van der Waals surface area contributed by atoms with E-state index in [4.69, 9.17) is 4.74 Å². The van der Waals surface area contributed by atoms with Gasteiger partial charge in [0.1, 0.15) is 0 Å². The number of halogens is 1. The highest BCUT2D eigenvalue weighted by Gasteiger charge is 2.37. The van der Waals surface area contributed by atoms with Crippen molar-refractivity contribution in [3.63, 3.8) is 0 Å². The van der Waals surface area contributed by atoms with Gasteiger partial charge >= 0.3 is 0 Å². The third kappa shape index (κ3) is 1.29. The topological polar surface area (TPSA) is 21.3 Å². The first-order valence-corrected chi connectivity index (χ1v) is 3.76. The molecule has 2 aliphatic heterocycles. The van der Waals surface area contributed by atoms with Crippen molar-refractivity contribution in [1.29, 1.82) is 0 Å². The monoisotopic (exact) mass is 163 g/mol. The zero-order valence-corrected chi connectivity index (χ0v) is 6.88. The van der Waals surface area contributed by atoms with E-state index in [2.05, 4.69) is 5.32 Å². The molecule has 0 amide bonds. The number of hydrogen-bond acceptors (Lipinski definition) is 2. The lowest BCUT2D eigenvalue weighted by Gasteiger charge is -2.19. The molecule has 1 unspecified atom stereocenters. The summed E-state index contributed by atoms with van der Waals surface area (Å²) in [7, 11) is 0. The molecular formula is C7H14ClNO. The van der Waals surface area contributed by atoms with E-state index in [0.717, 1.165) is 19.7 Å². The van der Waals surface area contributed by atoms with E-state index in [0.29, 0.717) is 0 Å². The Balaban J connectivity index is 0.000000500. The maximum absolute atomic E-state index is 5.64. The lowest BCUT2D eigenvalue weighted by molar-refractivity contribution is 0.0217. The van der Waals surface area contributed by atoms with Gasteiger partial charge in [0.25, 0.3) is 0 Å². The van der Waals surface area contributed by atoms with Crippen LogP contribution in [0.1, 0.15) is 19.3 Å². The van der Waals surface area contributed by atoms with Crippen LogP contribution in [0.3, 0.4) is 0 Å². The summed E-state index contributed by atoms with van der Waals surface area (Å²) in [5.74, 6) is 0. The molecule has 2 saturated heterocycles. The van der Waals surface area contributed by atoms with Crippen molar-refractivity contribution in [3.05, 3.63) is 0 Å². The van der Waals surface area contributed by atoms with Crippen molar-refractivity contribution in [2.75, 3.05) is 19.7 Å². The van der Waals surface area contributed by atoms with Crippen molar-refractivity contribution in [1.82, 2.24) is 5.32 Å². The molecule has 10 heavy (non-hydrogen) atoms. The second kappa shape index (κ2) is 3.07. The fourth-order valence-corrected chi connectivity index (χ4v) is 1.81. The van der Waals surface area contributed by atoms with Crippen LogP contribution in [-0.4, -0.2) is 25.3 Å². The van der Waals surface area contributed by atoms with Crippen molar-refractivity contribution in [2.24, 2.45) is 0 Å². The molecule has 0 aromatic heterocycles. The van der Waals surface area contributed by atoms with Gasteiger partial charge < -0.3 is 10.1 Å². The first-order valence-electron chi connectivity index (χ1n) is 3.76. The molecule has 2 heterocycles. The minimum atomic E-state index is 0. The molecule has 1 spiro atoms. The van der Waals surface area contributed by atoms with E-state index in [1.807, 2.05) is 0 Å². The van der Waals surface area contributed by atoms with Crippen molar-refractivity contribution >= 4 is 12.4 Å². The zero-order valence-electron chi connectivity index (χ0n) is 6.06. The molecular weight excluding hydrogens is 150 g/mol. The minimum absolute atomic E-state index is 0. The van der Waals surface area contributed by atoms with Gasteiger partial charge in [-0.05, 0) is 25.8 Å². The number of nitrogens with one attached hydrogen (secondary N) is 1. The first kappa shape index (κ1) is 8.31. The molecule has 0 aromatic rings. The van der Waals surface area contributed by atoms with E-state index >= 15 is 0 Å². The van der Waals surface area contributed by atoms with Crippen LogP contribution in [0.15, 0.2) is 0 Å². The molecule has 0 radical (unpaired) electrons. The number of hydrogen-bond donors (Lipinski definition) is 1. The standard InChI is InChI=1S/C7H13NO.ClH/c1-2-7(9-5-1)3-4-8-6-7;/h8H,1-6H2;1H. The van der Waals surface area contributed by atoms with E-state index in [1.165, 1.54) is 19.3 Å². The highest BCUT2D eigenvalue weighted by molar-refractivity contribution is 5.85. The molecule has 0 bridgehead atoms. The molecule has 0 saturated carbocycles. The Hall–Kier alpha value is 0.210. The Morgan fingerprint density at radius 3 is 2.70 bits per heavy atom. The summed E-state index contributed by atoms with van der Waals surface area (Å²) in [6.07, 6.45) is 3.77. The molecule has 2 fully saturated rings. The van der Waals surface area contributed by atoms with Crippen molar-refractivity contribution in [2.45, 2.75) is 24.9 Å². The lowest BCUT2D eigenvalue weighted by atomic mass is 10.00. The molecule has 2 rings (SSSR count). The fraction of sp³-hybridized carbons (Fsp3) is 1.00. The largest absolute Gasteiger partial charge is 0.374 e. The molecule has 3 heteroatoms. The van der Waals surface area contributed by atoms with Crippen LogP contribution in [-0.2, 0) is 4.74 Å². The number of rotatable bonds is 0. The molecule has 0 aromatic carbocycles. The van der Waals surface area contributed by atoms with E-state index in [1.54, 1.807) is 0 Å². The highest BCUT2D eigenvalue weighted by atomic mass is 35.5. The predicted octanol–water partition coefficient (Wildman–Crippen LogP) is 0.951. The quantitative estimate of drug-likeness (QED) is 0.574. The van der Waals surface area contributed by atoms with Crippen LogP contribution in [0.25, 0.3) is 0 Å². The first-order chi connectivity index (χ1) is 4.41. The average molecular weight is 164 g/mol. The summed E-state index contributed by atoms with van der Waals surface area (Å²) in [5.41, 5.74) is 0.278. The van der Waals surface area contributed by atoms with E-state index in [-0.39, 0.29) is 18.0 Å². The summed E-state index contributed by atoms with van der Waals surface area (Å²) in [6.45, 7) is 3.23. The molecule has 1 atom stereocenters. The highest BCUT2D eigenvalue weighted by Crippen LogP contribution is 2.30. The van der Waals surface area contributed by atoms with Gasteiger partial charge in [0.2, 0.25) is 0 Å². The Bertz CT molecular complexity index is 88.7. The van der Waals surface area contributed by atoms with Gasteiger partial charge in [0.05, 0.1) is 5.60 Å². The molecule has 0 aliphatic carbocycles. The smallest absolute Gasteiger partial charge is 0.0819 e. The minimum Gasteiger partial charge on any atom is -0.374 e. The zero-order chi connectivity index (χ0) is 6.16. The van der Waals surface area contributed by atoms with Gasteiger partial charge in [0, 0.05) is 13.2 Å². The maximum Gasteiger partial charge on any atom is 0.0819 e. The van der Waals surface area contributed by atoms with Gasteiger partial charge in [-0.3, -0.25) is 0 Å². The summed E-state index contributed by atoms with van der Waals surface area (Å²) in [5, 5.41) is 3.33. The Labute approximate surface area is 67.7 Å². The van der Waals surface area contributed by atoms with Crippen LogP contribution in [0.2, 0.25) is 0 Å². The normalized spacial score (nSPS) is 38.4. The van der Waals surface area contributed by atoms with Crippen LogP contribution in [0.4, 0.5) is 0 Å². The van der Waals surface area contributed by atoms with Crippen LogP contribution in [0, 0.1) is 0 Å². The van der Waals surface area contributed by atoms with Crippen LogP contribution in [0.5, 0.6) is 0 Å². The molecule has 2 nitrogen and oxygen atoms in total. The van der Waals surface area contributed by atoms with Crippen molar-refractivity contribution in [3.8, 4) is 0 Å². The van der Waals surface area contributed by atoms with E-state index < -0.39 is 0 Å². The van der Waals surface area contributed by atoms with E-state index in [9.17, 15) is 0 Å². The van der Waals surface area contributed by atoms with Gasteiger partial charge in [-0.25, -0.2) is 0 Å². The predicted molar refractivity (Wildman–Crippen MR) is 42.7 cm³/mol. The number of ether oxygens (including phenoxy) is 1. The lowest BCUT2D eigenvalue weighted by Crippen LogP contribution is -2.29. The summed E-state index contributed by atoms with van der Waals surface area (Å²) in [4.78, 5) is 0. The Kier molecular flexibility index (Phi) is 2.55. The molecule has 1 N–H and O–H groups in total. The molecule has 60 valence electrons. The van der Waals surface area contributed by atoms with Gasteiger partial charge in [-0.1, -0.05) is 0 Å². The Morgan fingerprint density at radius 1 is 1.30 bits per heavy atom. The summed E-state index contributed by atoms with van der Waals surface area (Å²) >= 11 is 0. The third-order valence-electron chi connectivity index (χ3n) is 2.39. The average Bonchev–Trinajstić information content (AvgIpc) is 2.45. The molecule has 2 aliphatic rings. The van der Waals surface area contributed by atoms with Gasteiger partial charge in [-0.2, -0.15) is 0 Å². The maximum atomic E-state index is 5.64. The Morgan fingerprint density at radius 2 is 2.20 bits per heavy atom. The summed E-state index contributed by atoms with van der Waals surface area (Å²) in [6, 6.07) is 0. The van der Waals surface area contributed by atoms with Crippen LogP contribution < -0.4 is 5.32 Å². The van der Waals surface area contributed by atoms with Gasteiger partial charge in [-0.15, -0.1) is 12.4 Å². The van der Waals surface area contributed by atoms with Crippen LogP contribution >= 0.6 is 12.4 Å². The van der Waals surface area contributed by atoms with Gasteiger partial charge in [0.15, 0.2) is 0 Å². The second-order valence-electron chi connectivity index (χ2n) is 3.06. The SMILES string of the molecule is C1COC2(C1)CCNC2.Cl. The third-order valence-corrected chi connectivity index (χ3v) is 2.39.